The molecule has 0 spiro atoms. The maximum atomic E-state index is 12.9. The van der Waals surface area contributed by atoms with Crippen LogP contribution in [0.5, 0.6) is 0 Å². The fourth-order valence-electron chi connectivity index (χ4n) is 2.46. The molecule has 1 aliphatic rings. The lowest BCUT2D eigenvalue weighted by Gasteiger charge is -2.16. The third-order valence-electron chi connectivity index (χ3n) is 3.55. The molecule has 1 aromatic heterocycles. The van der Waals surface area contributed by atoms with Crippen LogP contribution in [0.3, 0.4) is 0 Å². The number of nitrogens with zero attached hydrogens (tertiary/aromatic N) is 1. The molecular weight excluding hydrogens is 281 g/mol. The average Bonchev–Trinajstić information content (AvgIpc) is 3.10. The molecule has 3 rings (SSSR count). The second kappa shape index (κ2) is 5.03. The van der Waals surface area contributed by atoms with Crippen molar-refractivity contribution in [1.82, 2.24) is 4.31 Å². The van der Waals surface area contributed by atoms with Crippen LogP contribution < -0.4 is 0 Å². The summed E-state index contributed by atoms with van der Waals surface area (Å²) >= 11 is 0. The van der Waals surface area contributed by atoms with E-state index in [-0.39, 0.29) is 10.8 Å². The molecule has 106 valence electrons. The summed E-state index contributed by atoms with van der Waals surface area (Å²) in [6.45, 7) is 0.846. The molecule has 6 heteroatoms. The van der Waals surface area contributed by atoms with E-state index in [1.807, 2.05) is 6.07 Å². The van der Waals surface area contributed by atoms with Crippen molar-refractivity contribution in [2.24, 2.45) is 0 Å². The maximum Gasteiger partial charge on any atom is 0.243 e. The van der Waals surface area contributed by atoms with Crippen molar-refractivity contribution in [3.8, 4) is 0 Å². The minimum absolute atomic E-state index is 0.0835. The zero-order valence-electron chi connectivity index (χ0n) is 10.7. The molecule has 4 nitrogen and oxygen atoms in total. The minimum Gasteiger partial charge on any atom is -0.469 e. The summed E-state index contributed by atoms with van der Waals surface area (Å²) < 4.78 is 44.5. The Labute approximate surface area is 116 Å². The van der Waals surface area contributed by atoms with Gasteiger partial charge in [0.25, 0.3) is 0 Å². The van der Waals surface area contributed by atoms with E-state index in [0.29, 0.717) is 13.1 Å². The first kappa shape index (κ1) is 13.3. The van der Waals surface area contributed by atoms with Crippen LogP contribution in [0.2, 0.25) is 0 Å². The van der Waals surface area contributed by atoms with E-state index in [0.717, 1.165) is 24.3 Å². The van der Waals surface area contributed by atoms with E-state index in [1.165, 1.54) is 16.4 Å². The largest absolute Gasteiger partial charge is 0.469 e. The van der Waals surface area contributed by atoms with Crippen molar-refractivity contribution in [2.45, 2.75) is 17.2 Å². The predicted molar refractivity (Wildman–Crippen MR) is 71.2 cm³/mol. The Hall–Kier alpha value is -1.66. The number of rotatable bonds is 3. The van der Waals surface area contributed by atoms with Gasteiger partial charge in [0.1, 0.15) is 11.6 Å². The van der Waals surface area contributed by atoms with Gasteiger partial charge >= 0.3 is 0 Å². The van der Waals surface area contributed by atoms with Crippen molar-refractivity contribution < 1.29 is 17.2 Å². The van der Waals surface area contributed by atoms with Crippen LogP contribution in [0.1, 0.15) is 18.1 Å². The topological polar surface area (TPSA) is 50.5 Å². The van der Waals surface area contributed by atoms with Gasteiger partial charge in [0.15, 0.2) is 0 Å². The zero-order valence-corrected chi connectivity index (χ0v) is 11.5. The van der Waals surface area contributed by atoms with Gasteiger partial charge in [-0.2, -0.15) is 4.31 Å². The van der Waals surface area contributed by atoms with Gasteiger partial charge in [-0.1, -0.05) is 0 Å². The molecule has 0 amide bonds. The van der Waals surface area contributed by atoms with Crippen LogP contribution in [0.15, 0.2) is 52.0 Å². The monoisotopic (exact) mass is 295 g/mol. The molecule has 0 aliphatic carbocycles. The number of furan rings is 1. The van der Waals surface area contributed by atoms with Crippen molar-refractivity contribution in [3.05, 3.63) is 54.2 Å². The summed E-state index contributed by atoms with van der Waals surface area (Å²) in [6, 6.07) is 8.57. The van der Waals surface area contributed by atoms with Crippen LogP contribution in [-0.4, -0.2) is 25.8 Å². The van der Waals surface area contributed by atoms with Gasteiger partial charge in [-0.25, -0.2) is 12.8 Å². The Balaban J connectivity index is 1.81. The smallest absolute Gasteiger partial charge is 0.243 e. The molecule has 0 radical (unpaired) electrons. The Morgan fingerprint density at radius 1 is 1.20 bits per heavy atom. The zero-order chi connectivity index (χ0) is 14.2. The summed E-state index contributed by atoms with van der Waals surface area (Å²) in [5.41, 5.74) is 0. The maximum absolute atomic E-state index is 12.9. The Kier molecular flexibility index (Phi) is 3.35. The molecule has 0 N–H and O–H groups in total. The number of benzene rings is 1. The highest BCUT2D eigenvalue weighted by Crippen LogP contribution is 2.31. The van der Waals surface area contributed by atoms with Gasteiger partial charge in [0.05, 0.1) is 11.2 Å². The Bertz CT molecular complexity index is 680. The summed E-state index contributed by atoms with van der Waals surface area (Å²) in [5.74, 6) is 0.445. The SMILES string of the molecule is O=S(=O)(c1ccc(F)cc1)N1CCC(c2ccco2)C1. The first-order valence-corrected chi connectivity index (χ1v) is 7.80. The lowest BCUT2D eigenvalue weighted by atomic mass is 10.1. The van der Waals surface area contributed by atoms with E-state index in [4.69, 9.17) is 4.42 Å². The van der Waals surface area contributed by atoms with E-state index >= 15 is 0 Å². The molecule has 1 saturated heterocycles. The molecule has 2 aromatic rings. The highest BCUT2D eigenvalue weighted by molar-refractivity contribution is 7.89. The van der Waals surface area contributed by atoms with Crippen molar-refractivity contribution in [1.29, 1.82) is 0 Å². The summed E-state index contributed by atoms with van der Waals surface area (Å²) in [4.78, 5) is 0.124. The summed E-state index contributed by atoms with van der Waals surface area (Å²) in [6.07, 6.45) is 2.32. The van der Waals surface area contributed by atoms with Gasteiger partial charge in [0.2, 0.25) is 10.0 Å². The lowest BCUT2D eigenvalue weighted by molar-refractivity contribution is 0.445. The fraction of sp³-hybridized carbons (Fsp3) is 0.286. The van der Waals surface area contributed by atoms with Crippen LogP contribution >= 0.6 is 0 Å². The van der Waals surface area contributed by atoms with Gasteiger partial charge in [-0.15, -0.1) is 0 Å². The van der Waals surface area contributed by atoms with E-state index < -0.39 is 15.8 Å². The Morgan fingerprint density at radius 3 is 2.60 bits per heavy atom. The quantitative estimate of drug-likeness (QED) is 0.874. The van der Waals surface area contributed by atoms with E-state index in [1.54, 1.807) is 12.3 Å². The lowest BCUT2D eigenvalue weighted by Crippen LogP contribution is -2.28. The van der Waals surface area contributed by atoms with Crippen LogP contribution in [0, 0.1) is 5.82 Å². The van der Waals surface area contributed by atoms with Gasteiger partial charge in [0, 0.05) is 19.0 Å². The third kappa shape index (κ3) is 2.36. The second-order valence-corrected chi connectivity index (χ2v) is 6.76. The third-order valence-corrected chi connectivity index (χ3v) is 5.43. The first-order chi connectivity index (χ1) is 9.57. The summed E-state index contributed by atoms with van der Waals surface area (Å²) in [5, 5.41) is 0. The first-order valence-electron chi connectivity index (χ1n) is 6.36. The molecule has 0 saturated carbocycles. The second-order valence-electron chi connectivity index (χ2n) is 4.82. The van der Waals surface area contributed by atoms with Gasteiger partial charge < -0.3 is 4.42 Å². The molecule has 1 unspecified atom stereocenters. The van der Waals surface area contributed by atoms with Gasteiger partial charge in [-0.05, 0) is 42.8 Å². The molecule has 2 heterocycles. The van der Waals surface area contributed by atoms with E-state index in [9.17, 15) is 12.8 Å². The van der Waals surface area contributed by atoms with Gasteiger partial charge in [-0.3, -0.25) is 0 Å². The highest BCUT2D eigenvalue weighted by Gasteiger charge is 2.34. The average molecular weight is 295 g/mol. The minimum atomic E-state index is -3.55. The molecule has 0 bridgehead atoms. The van der Waals surface area contributed by atoms with Crippen LogP contribution in [-0.2, 0) is 10.0 Å². The number of sulfonamides is 1. The molecule has 1 aliphatic heterocycles. The van der Waals surface area contributed by atoms with E-state index in [2.05, 4.69) is 0 Å². The number of halogens is 1. The summed E-state index contributed by atoms with van der Waals surface area (Å²) in [7, 11) is -3.55. The fourth-order valence-corrected chi connectivity index (χ4v) is 3.96. The molecular formula is C14H14FNO3S. The molecule has 1 atom stereocenters. The van der Waals surface area contributed by atoms with Crippen molar-refractivity contribution in [2.75, 3.05) is 13.1 Å². The molecule has 1 aromatic carbocycles. The van der Waals surface area contributed by atoms with Crippen molar-refractivity contribution >= 4 is 10.0 Å². The normalized spacial score (nSPS) is 20.4. The molecule has 1 fully saturated rings. The Morgan fingerprint density at radius 2 is 1.95 bits per heavy atom. The predicted octanol–water partition coefficient (Wildman–Crippen LogP) is 2.60. The number of hydrogen-bond donors (Lipinski definition) is 0. The van der Waals surface area contributed by atoms with Crippen molar-refractivity contribution in [3.63, 3.8) is 0 Å². The highest BCUT2D eigenvalue weighted by atomic mass is 32.2. The number of hydrogen-bond acceptors (Lipinski definition) is 3. The van der Waals surface area contributed by atoms with Crippen LogP contribution in [0.4, 0.5) is 4.39 Å². The van der Waals surface area contributed by atoms with Crippen LogP contribution in [0.25, 0.3) is 0 Å². The standard InChI is InChI=1S/C14H14FNO3S/c15-12-3-5-13(6-4-12)20(17,18)16-8-7-11(10-16)14-2-1-9-19-14/h1-6,9,11H,7-8,10H2. The molecule has 20 heavy (non-hydrogen) atoms.